The van der Waals surface area contributed by atoms with E-state index in [1.54, 1.807) is 0 Å². The van der Waals surface area contributed by atoms with Gasteiger partial charge in [0.15, 0.2) is 0 Å². The van der Waals surface area contributed by atoms with Crippen molar-refractivity contribution < 1.29 is 22.7 Å². The van der Waals surface area contributed by atoms with E-state index in [2.05, 4.69) is 4.74 Å². The summed E-state index contributed by atoms with van der Waals surface area (Å²) in [5.41, 5.74) is 6.07. The molecular weight excluding hydrogens is 339 g/mol. The van der Waals surface area contributed by atoms with Gasteiger partial charge in [-0.1, -0.05) is 18.2 Å². The maximum Gasteiger partial charge on any atom is 0.573 e. The number of hydrogen-bond donors (Lipinski definition) is 1. The third kappa shape index (κ3) is 3.21. The molecule has 0 fully saturated rings. The molecule has 0 unspecified atom stereocenters. The van der Waals surface area contributed by atoms with Crippen LogP contribution in [0.5, 0.6) is 5.75 Å². The first-order valence-corrected chi connectivity index (χ1v) is 7.75. The highest BCUT2D eigenvalue weighted by Crippen LogP contribution is 2.39. The van der Waals surface area contributed by atoms with Crippen molar-refractivity contribution in [2.24, 2.45) is 5.73 Å². The Morgan fingerprint density at radius 1 is 1.17 bits per heavy atom. The van der Waals surface area contributed by atoms with Crippen LogP contribution >= 0.6 is 11.3 Å². The second kappa shape index (κ2) is 5.83. The molecule has 7 heteroatoms. The molecule has 0 saturated heterocycles. The van der Waals surface area contributed by atoms with Crippen LogP contribution < -0.4 is 10.5 Å². The smallest absolute Gasteiger partial charge is 0.405 e. The van der Waals surface area contributed by atoms with Crippen molar-refractivity contribution in [2.45, 2.75) is 13.3 Å². The Bertz CT molecular complexity index is 898. The Balaban J connectivity index is 2.20. The molecule has 2 N–H and O–H groups in total. The van der Waals surface area contributed by atoms with Gasteiger partial charge in [-0.3, -0.25) is 4.79 Å². The summed E-state index contributed by atoms with van der Waals surface area (Å²) < 4.78 is 42.7. The van der Waals surface area contributed by atoms with Gasteiger partial charge in [0, 0.05) is 20.7 Å². The summed E-state index contributed by atoms with van der Waals surface area (Å²) in [6, 6.07) is 11.9. The number of fused-ring (bicyclic) bond motifs is 1. The Morgan fingerprint density at radius 2 is 1.88 bits per heavy atom. The van der Waals surface area contributed by atoms with Gasteiger partial charge in [0.25, 0.3) is 0 Å². The van der Waals surface area contributed by atoms with Crippen LogP contribution in [-0.2, 0) is 0 Å². The minimum absolute atomic E-state index is 0.161. The summed E-state index contributed by atoms with van der Waals surface area (Å²) >= 11 is 1.37. The minimum Gasteiger partial charge on any atom is -0.405 e. The van der Waals surface area contributed by atoms with Crippen molar-refractivity contribution in [3.8, 4) is 16.2 Å². The van der Waals surface area contributed by atoms with Crippen LogP contribution in [0, 0.1) is 6.92 Å². The first kappa shape index (κ1) is 16.3. The minimum atomic E-state index is -4.81. The highest BCUT2D eigenvalue weighted by molar-refractivity contribution is 7.22. The number of aryl methyl sites for hydroxylation is 1. The van der Waals surface area contributed by atoms with E-state index >= 15 is 0 Å². The van der Waals surface area contributed by atoms with E-state index in [0.717, 1.165) is 10.1 Å². The number of rotatable bonds is 3. The van der Waals surface area contributed by atoms with Gasteiger partial charge in [0.05, 0.1) is 0 Å². The van der Waals surface area contributed by atoms with Gasteiger partial charge in [0.1, 0.15) is 5.75 Å². The molecule has 124 valence electrons. The number of carbonyl (C=O) groups is 1. The first-order chi connectivity index (χ1) is 11.2. The standard InChI is InChI=1S/C17H12F3NO2S/c1-9-6-12(16(21)22)11(8-13(9)23-17(18,19)20)15-7-10-4-2-3-5-14(10)24-15/h2-8H,1H3,(H2,21,22). The summed E-state index contributed by atoms with van der Waals surface area (Å²) in [6.07, 6.45) is -4.81. The number of halogens is 3. The molecule has 24 heavy (non-hydrogen) atoms. The van der Waals surface area contributed by atoms with Crippen molar-refractivity contribution in [1.82, 2.24) is 0 Å². The molecule has 0 saturated carbocycles. The molecule has 0 aliphatic carbocycles. The lowest BCUT2D eigenvalue weighted by molar-refractivity contribution is -0.274. The van der Waals surface area contributed by atoms with Crippen molar-refractivity contribution in [3.05, 3.63) is 53.6 Å². The molecule has 2 aromatic carbocycles. The second-order valence-electron chi connectivity index (χ2n) is 5.22. The maximum atomic E-state index is 12.6. The van der Waals surface area contributed by atoms with Crippen LogP contribution in [0.2, 0.25) is 0 Å². The highest BCUT2D eigenvalue weighted by Gasteiger charge is 2.32. The zero-order chi connectivity index (χ0) is 17.5. The van der Waals surface area contributed by atoms with Gasteiger partial charge in [-0.15, -0.1) is 24.5 Å². The monoisotopic (exact) mass is 351 g/mol. The Hall–Kier alpha value is -2.54. The zero-order valence-electron chi connectivity index (χ0n) is 12.5. The zero-order valence-corrected chi connectivity index (χ0v) is 13.3. The van der Waals surface area contributed by atoms with E-state index in [9.17, 15) is 18.0 Å². The summed E-state index contributed by atoms with van der Waals surface area (Å²) in [4.78, 5) is 12.4. The average molecular weight is 351 g/mol. The van der Waals surface area contributed by atoms with Gasteiger partial charge in [-0.2, -0.15) is 0 Å². The van der Waals surface area contributed by atoms with E-state index in [-0.39, 0.29) is 16.9 Å². The number of ether oxygens (including phenoxy) is 1. The highest BCUT2D eigenvalue weighted by atomic mass is 32.1. The van der Waals surface area contributed by atoms with Crippen LogP contribution in [-0.4, -0.2) is 12.3 Å². The Kier molecular flexibility index (Phi) is 3.96. The summed E-state index contributed by atoms with van der Waals surface area (Å²) in [5, 5.41) is 0.937. The molecule has 1 aromatic heterocycles. The fourth-order valence-corrected chi connectivity index (χ4v) is 3.54. The normalized spacial score (nSPS) is 11.7. The summed E-state index contributed by atoms with van der Waals surface area (Å²) in [5.74, 6) is -1.05. The Labute approximate surface area is 139 Å². The molecule has 3 nitrogen and oxygen atoms in total. The first-order valence-electron chi connectivity index (χ1n) is 6.94. The molecule has 0 aliphatic rings. The lowest BCUT2D eigenvalue weighted by Gasteiger charge is -2.14. The average Bonchev–Trinajstić information content (AvgIpc) is 2.91. The number of primary amides is 1. The molecule has 0 atom stereocenters. The molecule has 1 amide bonds. The number of thiophene rings is 1. The third-order valence-electron chi connectivity index (χ3n) is 3.50. The molecule has 0 radical (unpaired) electrons. The molecule has 3 rings (SSSR count). The van der Waals surface area contributed by atoms with E-state index in [4.69, 9.17) is 5.73 Å². The fourth-order valence-electron chi connectivity index (χ4n) is 2.45. The molecule has 0 spiro atoms. The number of benzene rings is 2. The Morgan fingerprint density at radius 3 is 2.50 bits per heavy atom. The van der Waals surface area contributed by atoms with Crippen LogP contribution in [0.15, 0.2) is 42.5 Å². The fraction of sp³-hybridized carbons (Fsp3) is 0.118. The predicted molar refractivity (Wildman–Crippen MR) is 87.2 cm³/mol. The maximum absolute atomic E-state index is 12.6. The van der Waals surface area contributed by atoms with E-state index in [1.807, 2.05) is 30.3 Å². The molecule has 0 aliphatic heterocycles. The van der Waals surface area contributed by atoms with Crippen LogP contribution in [0.1, 0.15) is 15.9 Å². The quantitative estimate of drug-likeness (QED) is 0.731. The van der Waals surface area contributed by atoms with Crippen molar-refractivity contribution in [3.63, 3.8) is 0 Å². The van der Waals surface area contributed by atoms with Crippen molar-refractivity contribution in [1.29, 1.82) is 0 Å². The molecular formula is C17H12F3NO2S. The van der Waals surface area contributed by atoms with E-state index in [0.29, 0.717) is 10.4 Å². The van der Waals surface area contributed by atoms with Crippen molar-refractivity contribution >= 4 is 27.3 Å². The van der Waals surface area contributed by atoms with E-state index in [1.165, 1.54) is 30.4 Å². The molecule has 0 bridgehead atoms. The largest absolute Gasteiger partial charge is 0.573 e. The number of amides is 1. The summed E-state index contributed by atoms with van der Waals surface area (Å²) in [6.45, 7) is 1.43. The van der Waals surface area contributed by atoms with E-state index < -0.39 is 12.3 Å². The molecule has 1 heterocycles. The molecule has 3 aromatic rings. The predicted octanol–water partition coefficient (Wildman–Crippen LogP) is 4.87. The van der Waals surface area contributed by atoms with Gasteiger partial charge < -0.3 is 10.5 Å². The van der Waals surface area contributed by atoms with Gasteiger partial charge >= 0.3 is 6.36 Å². The lowest BCUT2D eigenvalue weighted by atomic mass is 10.0. The van der Waals surface area contributed by atoms with Gasteiger partial charge in [-0.25, -0.2) is 0 Å². The number of carbonyl (C=O) groups excluding carboxylic acids is 1. The lowest BCUT2D eigenvalue weighted by Crippen LogP contribution is -2.19. The summed E-state index contributed by atoms with van der Waals surface area (Å²) in [7, 11) is 0. The topological polar surface area (TPSA) is 52.3 Å². The van der Waals surface area contributed by atoms with Gasteiger partial charge in [-0.05, 0) is 42.1 Å². The number of nitrogens with two attached hydrogens (primary N) is 1. The SMILES string of the molecule is Cc1cc(C(N)=O)c(-c2cc3ccccc3s2)cc1OC(F)(F)F. The number of alkyl halides is 3. The number of hydrogen-bond acceptors (Lipinski definition) is 3. The second-order valence-corrected chi connectivity index (χ2v) is 6.31. The van der Waals surface area contributed by atoms with Crippen LogP contribution in [0.4, 0.5) is 13.2 Å². The van der Waals surface area contributed by atoms with Crippen LogP contribution in [0.25, 0.3) is 20.5 Å². The van der Waals surface area contributed by atoms with Crippen LogP contribution in [0.3, 0.4) is 0 Å². The van der Waals surface area contributed by atoms with Gasteiger partial charge in [0.2, 0.25) is 5.91 Å². The third-order valence-corrected chi connectivity index (χ3v) is 4.65. The van der Waals surface area contributed by atoms with Crippen molar-refractivity contribution in [2.75, 3.05) is 0 Å².